The molecule has 0 saturated carbocycles. The van der Waals surface area contributed by atoms with Crippen LogP contribution in [0.3, 0.4) is 0 Å². The summed E-state index contributed by atoms with van der Waals surface area (Å²) in [7, 11) is 0. The molecule has 2 aromatic carbocycles. The Bertz CT molecular complexity index is 1120. The molecule has 1 aliphatic rings. The average Bonchev–Trinajstić information content (AvgIpc) is 3.21. The summed E-state index contributed by atoms with van der Waals surface area (Å²) in [4.78, 5) is 21.2. The Morgan fingerprint density at radius 1 is 1.18 bits per heavy atom. The van der Waals surface area contributed by atoms with Gasteiger partial charge in [0.15, 0.2) is 5.13 Å². The number of nitrogens with zero attached hydrogens (tertiary/aromatic N) is 3. The van der Waals surface area contributed by atoms with Gasteiger partial charge in [0, 0.05) is 38.8 Å². The predicted octanol–water partition coefficient (Wildman–Crippen LogP) is 4.38. The first-order valence-electron chi connectivity index (χ1n) is 10.5. The number of hydrogen-bond acceptors (Lipinski definition) is 6. The van der Waals surface area contributed by atoms with E-state index in [1.807, 2.05) is 0 Å². The number of rotatable bonds is 7. The molecule has 7 nitrogen and oxygen atoms in total. The van der Waals surface area contributed by atoms with Crippen LogP contribution in [0.2, 0.25) is 0 Å². The van der Waals surface area contributed by atoms with Crippen LogP contribution in [-0.4, -0.2) is 61.7 Å². The highest BCUT2D eigenvalue weighted by Crippen LogP contribution is 2.33. The second-order valence-corrected chi connectivity index (χ2v) is 8.57. The zero-order chi connectivity index (χ0) is 24.1. The first-order valence-corrected chi connectivity index (χ1v) is 11.3. The van der Waals surface area contributed by atoms with Crippen molar-refractivity contribution >= 4 is 32.7 Å². The van der Waals surface area contributed by atoms with E-state index in [0.717, 1.165) is 30.0 Å². The molecule has 1 saturated heterocycles. The Morgan fingerprint density at radius 2 is 1.91 bits per heavy atom. The first kappa shape index (κ1) is 24.2. The predicted molar refractivity (Wildman–Crippen MR) is 120 cm³/mol. The highest BCUT2D eigenvalue weighted by molar-refractivity contribution is 7.22. The van der Waals surface area contributed by atoms with E-state index in [2.05, 4.69) is 19.9 Å². The Balaban J connectivity index is 1.52. The van der Waals surface area contributed by atoms with Crippen molar-refractivity contribution in [3.05, 3.63) is 53.8 Å². The summed E-state index contributed by atoms with van der Waals surface area (Å²) in [5, 5.41) is 3.16. The number of aromatic nitrogens is 1. The molecule has 3 aromatic rings. The van der Waals surface area contributed by atoms with Crippen LogP contribution in [0.25, 0.3) is 10.2 Å². The van der Waals surface area contributed by atoms with Crippen LogP contribution in [-0.2, 0) is 11.3 Å². The molecule has 1 fully saturated rings. The summed E-state index contributed by atoms with van der Waals surface area (Å²) in [5.41, 5.74) is 1.18. The fraction of sp³-hybridized carbons (Fsp3) is 0.364. The standard InChI is InChI=1S/C22H22F4N4O3S/c23-16-3-1-15(2-4-16)14-27-20(31)30(8-7-29-9-11-32-12-10-29)21-28-18-6-5-17(13-19(18)34-21)33-22(24,25)26/h1-6,13H,7-12,14H2,(H,27,31). The van der Waals surface area contributed by atoms with Crippen molar-refractivity contribution in [2.75, 3.05) is 44.3 Å². The van der Waals surface area contributed by atoms with Gasteiger partial charge >= 0.3 is 12.4 Å². The van der Waals surface area contributed by atoms with Gasteiger partial charge < -0.3 is 14.8 Å². The number of thiazole rings is 1. The van der Waals surface area contributed by atoms with Crippen LogP contribution < -0.4 is 15.0 Å². The normalized spacial score (nSPS) is 14.8. The molecular weight excluding hydrogens is 476 g/mol. The van der Waals surface area contributed by atoms with Gasteiger partial charge in [0.2, 0.25) is 0 Å². The van der Waals surface area contributed by atoms with Crippen LogP contribution >= 0.6 is 11.3 Å². The summed E-state index contributed by atoms with van der Waals surface area (Å²) in [5.74, 6) is -0.721. The Morgan fingerprint density at radius 3 is 2.62 bits per heavy atom. The van der Waals surface area contributed by atoms with E-state index in [1.54, 1.807) is 12.1 Å². The molecule has 182 valence electrons. The van der Waals surface area contributed by atoms with Crippen LogP contribution in [0.5, 0.6) is 5.75 Å². The topological polar surface area (TPSA) is 66.9 Å². The van der Waals surface area contributed by atoms with Gasteiger partial charge in [-0.1, -0.05) is 23.5 Å². The summed E-state index contributed by atoms with van der Waals surface area (Å²) < 4.78 is 60.7. The number of ether oxygens (including phenoxy) is 2. The van der Waals surface area contributed by atoms with E-state index in [0.29, 0.717) is 41.7 Å². The minimum Gasteiger partial charge on any atom is -0.406 e. The number of fused-ring (bicyclic) bond motifs is 1. The third kappa shape index (κ3) is 6.55. The lowest BCUT2D eigenvalue weighted by molar-refractivity contribution is -0.274. The third-order valence-corrected chi connectivity index (χ3v) is 6.20. The Labute approximate surface area is 196 Å². The van der Waals surface area contributed by atoms with Gasteiger partial charge in [-0.05, 0) is 29.8 Å². The van der Waals surface area contributed by atoms with Gasteiger partial charge in [-0.25, -0.2) is 14.2 Å². The van der Waals surface area contributed by atoms with E-state index in [-0.39, 0.29) is 18.1 Å². The lowest BCUT2D eigenvalue weighted by atomic mass is 10.2. The number of amides is 2. The number of benzene rings is 2. The number of urea groups is 1. The fourth-order valence-corrected chi connectivity index (χ4v) is 4.45. The molecule has 1 aliphatic heterocycles. The number of halogens is 4. The number of carbonyl (C=O) groups excluding carboxylic acids is 1. The number of anilines is 1. The molecule has 12 heteroatoms. The Kier molecular flexibility index (Phi) is 7.49. The first-order chi connectivity index (χ1) is 16.3. The van der Waals surface area contributed by atoms with Gasteiger partial charge in [0.25, 0.3) is 0 Å². The molecule has 1 N–H and O–H groups in total. The lowest BCUT2D eigenvalue weighted by Gasteiger charge is -2.29. The molecule has 1 aromatic heterocycles. The maximum absolute atomic E-state index is 13.1. The van der Waals surface area contributed by atoms with Crippen molar-refractivity contribution in [2.45, 2.75) is 12.9 Å². The van der Waals surface area contributed by atoms with Crippen LogP contribution in [0.15, 0.2) is 42.5 Å². The quantitative estimate of drug-likeness (QED) is 0.490. The smallest absolute Gasteiger partial charge is 0.406 e. The zero-order valence-corrected chi connectivity index (χ0v) is 18.8. The minimum absolute atomic E-state index is 0.182. The SMILES string of the molecule is O=C(NCc1ccc(F)cc1)N(CCN1CCOCC1)c1nc2ccc(OC(F)(F)F)cc2s1. The molecule has 0 atom stereocenters. The van der Waals surface area contributed by atoms with Crippen LogP contribution in [0.1, 0.15) is 5.56 Å². The number of alkyl halides is 3. The van der Waals surface area contributed by atoms with E-state index in [4.69, 9.17) is 4.74 Å². The van der Waals surface area contributed by atoms with Crippen molar-refractivity contribution in [1.82, 2.24) is 15.2 Å². The number of carbonyl (C=O) groups is 1. The van der Waals surface area contributed by atoms with Gasteiger partial charge in [0.1, 0.15) is 11.6 Å². The molecule has 0 spiro atoms. The summed E-state index contributed by atoms with van der Waals surface area (Å²) >= 11 is 1.10. The largest absolute Gasteiger partial charge is 0.573 e. The second kappa shape index (κ2) is 10.5. The van der Waals surface area contributed by atoms with Crippen molar-refractivity contribution in [2.24, 2.45) is 0 Å². The number of nitrogens with one attached hydrogen (secondary N) is 1. The Hall–Kier alpha value is -2.96. The second-order valence-electron chi connectivity index (χ2n) is 7.56. The van der Waals surface area contributed by atoms with Gasteiger partial charge in [-0.15, -0.1) is 13.2 Å². The van der Waals surface area contributed by atoms with E-state index in [1.165, 1.54) is 35.2 Å². The molecule has 0 bridgehead atoms. The fourth-order valence-electron chi connectivity index (χ4n) is 3.43. The summed E-state index contributed by atoms with van der Waals surface area (Å²) in [6, 6.07) is 9.22. The monoisotopic (exact) mass is 498 g/mol. The molecule has 34 heavy (non-hydrogen) atoms. The van der Waals surface area contributed by atoms with Gasteiger partial charge in [-0.3, -0.25) is 9.80 Å². The molecule has 4 rings (SSSR count). The summed E-state index contributed by atoms with van der Waals surface area (Å²) in [6.45, 7) is 3.78. The van der Waals surface area contributed by atoms with Gasteiger partial charge in [0.05, 0.1) is 23.4 Å². The molecule has 0 unspecified atom stereocenters. The van der Waals surface area contributed by atoms with Gasteiger partial charge in [-0.2, -0.15) is 0 Å². The summed E-state index contributed by atoms with van der Waals surface area (Å²) in [6.07, 6.45) is -4.80. The average molecular weight is 499 g/mol. The van der Waals surface area contributed by atoms with Crippen molar-refractivity contribution < 1.29 is 31.8 Å². The van der Waals surface area contributed by atoms with E-state index >= 15 is 0 Å². The lowest BCUT2D eigenvalue weighted by Crippen LogP contribution is -2.46. The van der Waals surface area contributed by atoms with Crippen molar-refractivity contribution in [1.29, 1.82) is 0 Å². The molecule has 0 aliphatic carbocycles. The van der Waals surface area contributed by atoms with E-state index in [9.17, 15) is 22.4 Å². The number of morpholine rings is 1. The van der Waals surface area contributed by atoms with Crippen molar-refractivity contribution in [3.8, 4) is 5.75 Å². The minimum atomic E-state index is -4.80. The maximum Gasteiger partial charge on any atom is 0.573 e. The zero-order valence-electron chi connectivity index (χ0n) is 18.0. The third-order valence-electron chi connectivity index (χ3n) is 5.16. The molecule has 0 radical (unpaired) electrons. The number of hydrogen-bond donors (Lipinski definition) is 1. The van der Waals surface area contributed by atoms with Crippen molar-refractivity contribution in [3.63, 3.8) is 0 Å². The van der Waals surface area contributed by atoms with Crippen LogP contribution in [0.4, 0.5) is 27.5 Å². The maximum atomic E-state index is 13.1. The van der Waals surface area contributed by atoms with E-state index < -0.39 is 12.4 Å². The molecular formula is C22H22F4N4O3S. The van der Waals surface area contributed by atoms with Crippen LogP contribution in [0, 0.1) is 5.82 Å². The molecule has 2 amide bonds. The highest BCUT2D eigenvalue weighted by Gasteiger charge is 2.31. The highest BCUT2D eigenvalue weighted by atomic mass is 32.1. The molecule has 2 heterocycles.